The standard InChI is InChI=1S/2C5H9N.C4H7N.C3H7NO.C3H9N.C3H4O3.C3H6O.C2H6.6CH4.6B.H3N.H2O/c2*1-5(2,3)6-4;1-4(2)5-3;1-3(2)4-5;1-3(2)4;1-3(5)6-2-4;1-3(2)4;1-2;;;;;;;;;;;;;;/h2*1-3H3;4H,1-2H3;5H,1-2H3;3H,4H2,1-2H3;2H,1H3;1-2H3;1-2H3;6*1H4;;;;;;;1H3;1H2. The molecule has 0 bridgehead atoms. The normalized spacial score (nSPS) is 5.87. The van der Waals surface area contributed by atoms with Crippen LogP contribution in [-0.4, -0.2) is 108 Å². The first-order valence-electron chi connectivity index (χ1n) is 12.0. The summed E-state index contributed by atoms with van der Waals surface area (Å²) in [6.45, 7) is 50.0. The third kappa shape index (κ3) is 992. The van der Waals surface area contributed by atoms with Gasteiger partial charge < -0.3 is 46.6 Å². The highest BCUT2D eigenvalue weighted by Crippen LogP contribution is 2.03. The topological polar surface area (TPSA) is 199 Å². The van der Waals surface area contributed by atoms with E-state index in [0.29, 0.717) is 11.8 Å². The fourth-order valence-electron chi connectivity index (χ4n) is 0.0678. The summed E-state index contributed by atoms with van der Waals surface area (Å²) in [5.41, 5.74) is 5.46. The number of rotatable bonds is 1. The summed E-state index contributed by atoms with van der Waals surface area (Å²) in [5.74, 6) is -0.412. The Morgan fingerprint density at radius 1 is 0.692 bits per heavy atom. The summed E-state index contributed by atoms with van der Waals surface area (Å²) in [7, 11) is 0. The van der Waals surface area contributed by atoms with Crippen molar-refractivity contribution < 1.29 is 29.8 Å². The minimum Gasteiger partial charge on any atom is -0.412 e. The fraction of sp³-hybridized carbons (Fsp3) is 0.794. The van der Waals surface area contributed by atoms with E-state index >= 15 is 0 Å². The van der Waals surface area contributed by atoms with Crippen molar-refractivity contribution in [2.75, 3.05) is 0 Å². The minimum absolute atomic E-state index is 0. The smallest absolute Gasteiger partial charge is 0.310 e. The maximum absolute atomic E-state index is 9.59. The highest BCUT2D eigenvalue weighted by molar-refractivity contribution is 5.78. The van der Waals surface area contributed by atoms with E-state index in [1.165, 1.54) is 13.8 Å². The van der Waals surface area contributed by atoms with Gasteiger partial charge in [0.05, 0.1) is 5.71 Å². The van der Waals surface area contributed by atoms with Gasteiger partial charge in [0, 0.05) is 113 Å². The molecule has 52 heavy (non-hydrogen) atoms. The lowest BCUT2D eigenvalue weighted by molar-refractivity contribution is -0.149. The van der Waals surface area contributed by atoms with Crippen LogP contribution in [0.2, 0.25) is 0 Å². The lowest BCUT2D eigenvalue weighted by Gasteiger charge is -1.97. The molecule has 0 aliphatic heterocycles. The summed E-state index contributed by atoms with van der Waals surface area (Å²) >= 11 is 0. The molecule has 0 aliphatic carbocycles. The number of ketones is 1. The van der Waals surface area contributed by atoms with Crippen LogP contribution in [0.1, 0.15) is 162 Å². The number of ether oxygens (including phenoxy) is 1. The number of carbonyl (C=O) groups excluding carboxylic acids is 3. The molecular formula is C34H86B6N6O6. The van der Waals surface area contributed by atoms with Gasteiger partial charge in [0.15, 0.2) is 0 Å². The second-order valence-electron chi connectivity index (χ2n) is 9.69. The average molecular weight is 740 g/mol. The Kier molecular flexibility index (Phi) is 351. The molecule has 0 aliphatic rings. The summed E-state index contributed by atoms with van der Waals surface area (Å²) in [5, 5.41) is 10.5. The van der Waals surface area contributed by atoms with Gasteiger partial charge in [-0.05, 0) is 33.7 Å². The highest BCUT2D eigenvalue weighted by Gasteiger charge is 2.11. The van der Waals surface area contributed by atoms with Crippen molar-refractivity contribution in [1.82, 2.24) is 6.15 Å². The SMILES string of the molecule is C.C.C.C.C.C.CC.CC(=O)OC=O.CC(C)=NO.CC(C)=O.CC(C)N.N.O.[B].[B].[B].[B].[B].[B].[C-]#[N+]C(C)(C)C.[C-]#[N+]C(C)(C)C.[C-]#[N+]C(C)C. The number of carbonyl (C=O) groups is 3. The van der Waals surface area contributed by atoms with Crippen LogP contribution in [0.4, 0.5) is 0 Å². The molecule has 0 heterocycles. The molecule has 0 spiro atoms. The third-order valence-corrected chi connectivity index (χ3v) is 1.34. The van der Waals surface area contributed by atoms with E-state index in [2.05, 4.69) is 24.4 Å². The van der Waals surface area contributed by atoms with Crippen LogP contribution in [0.15, 0.2) is 5.16 Å². The number of nitrogens with two attached hydrogens (primary N) is 1. The van der Waals surface area contributed by atoms with Crippen LogP contribution >= 0.6 is 0 Å². The van der Waals surface area contributed by atoms with Crippen LogP contribution < -0.4 is 11.9 Å². The zero-order chi connectivity index (χ0) is 33.1. The molecule has 0 saturated heterocycles. The molecule has 0 atom stereocenters. The van der Waals surface area contributed by atoms with Crippen LogP contribution in [0.5, 0.6) is 0 Å². The van der Waals surface area contributed by atoms with Crippen molar-refractivity contribution >= 4 is 74.4 Å². The fourth-order valence-corrected chi connectivity index (χ4v) is 0.0678. The first-order chi connectivity index (χ1) is 16.9. The van der Waals surface area contributed by atoms with Crippen LogP contribution in [0.25, 0.3) is 14.5 Å². The quantitative estimate of drug-likeness (QED) is 0.0352. The molecular weight excluding hydrogens is 653 g/mol. The first kappa shape index (κ1) is 155. The first-order valence-corrected chi connectivity index (χ1v) is 12.0. The predicted molar refractivity (Wildman–Crippen MR) is 243 cm³/mol. The van der Waals surface area contributed by atoms with Crippen molar-refractivity contribution in [3.63, 3.8) is 0 Å². The van der Waals surface area contributed by atoms with E-state index in [0.717, 1.165) is 6.92 Å². The second kappa shape index (κ2) is 118. The van der Waals surface area contributed by atoms with E-state index in [-0.39, 0.29) is 136 Å². The molecule has 12 nitrogen and oxygen atoms in total. The van der Waals surface area contributed by atoms with Gasteiger partial charge in [0.1, 0.15) is 5.78 Å². The number of oxime groups is 1. The lowest BCUT2D eigenvalue weighted by atomic mass is 10.1. The Bertz CT molecular complexity index is 683. The molecule has 18 radical (unpaired) electrons. The van der Waals surface area contributed by atoms with E-state index in [1.54, 1.807) is 13.8 Å². The predicted octanol–water partition coefficient (Wildman–Crippen LogP) is 8.13. The molecule has 0 aromatic carbocycles. The largest absolute Gasteiger partial charge is 0.412 e. The van der Waals surface area contributed by atoms with Gasteiger partial charge in [0.25, 0.3) is 0 Å². The molecule has 0 rings (SSSR count). The van der Waals surface area contributed by atoms with E-state index < -0.39 is 5.97 Å². The third-order valence-electron chi connectivity index (χ3n) is 1.34. The summed E-state index contributed by atoms with van der Waals surface area (Å²) < 4.78 is 3.72. The molecule has 0 amide bonds. The van der Waals surface area contributed by atoms with Gasteiger partial charge in [-0.15, -0.1) is 0 Å². The Morgan fingerprint density at radius 3 is 0.808 bits per heavy atom. The monoisotopic (exact) mass is 741 g/mol. The Hall–Kier alpha value is -2.98. The number of hydrogen-bond donors (Lipinski definition) is 3. The zero-order valence-corrected chi connectivity index (χ0v) is 31.8. The molecule has 0 fully saturated rings. The van der Waals surface area contributed by atoms with Crippen molar-refractivity contribution in [2.24, 2.45) is 10.9 Å². The Balaban J connectivity index is -0.00000000962. The maximum Gasteiger partial charge on any atom is 0.310 e. The molecule has 8 N–H and O–H groups in total. The summed E-state index contributed by atoms with van der Waals surface area (Å²) in [4.78, 5) is 37.9. The Morgan fingerprint density at radius 2 is 0.808 bits per heavy atom. The molecule has 0 unspecified atom stereocenters. The minimum atomic E-state index is -0.579. The maximum atomic E-state index is 9.59. The lowest BCUT2D eigenvalue weighted by Crippen LogP contribution is -2.06. The van der Waals surface area contributed by atoms with E-state index in [1.807, 2.05) is 83.1 Å². The molecule has 306 valence electrons. The van der Waals surface area contributed by atoms with Crippen molar-refractivity contribution in [2.45, 2.75) is 185 Å². The van der Waals surface area contributed by atoms with Crippen molar-refractivity contribution in [3.8, 4) is 0 Å². The molecule has 0 aromatic heterocycles. The number of Topliss-reactive ketones (excluding diaryl/α,β-unsaturated/α-hetero) is 1. The molecule has 18 heteroatoms. The zero-order valence-electron chi connectivity index (χ0n) is 31.8. The highest BCUT2D eigenvalue weighted by atomic mass is 16.6. The van der Waals surface area contributed by atoms with Gasteiger partial charge in [0.2, 0.25) is 17.1 Å². The van der Waals surface area contributed by atoms with Crippen molar-refractivity contribution in [1.29, 1.82) is 0 Å². The second-order valence-corrected chi connectivity index (χ2v) is 9.69. The Labute approximate surface area is 340 Å². The van der Waals surface area contributed by atoms with Gasteiger partial charge in [-0.3, -0.25) is 9.59 Å². The van der Waals surface area contributed by atoms with E-state index in [9.17, 15) is 14.4 Å². The summed E-state index contributed by atoms with van der Waals surface area (Å²) in [6.07, 6.45) is 0. The van der Waals surface area contributed by atoms with Gasteiger partial charge in [-0.25, -0.2) is 19.7 Å². The van der Waals surface area contributed by atoms with Gasteiger partial charge in [-0.2, -0.15) is 0 Å². The number of nitrogens with zero attached hydrogens (tertiary/aromatic N) is 4. The van der Waals surface area contributed by atoms with Crippen LogP contribution in [0, 0.1) is 19.7 Å². The van der Waals surface area contributed by atoms with Crippen LogP contribution in [0.3, 0.4) is 0 Å². The number of esters is 1. The van der Waals surface area contributed by atoms with Crippen molar-refractivity contribution in [3.05, 3.63) is 34.3 Å². The van der Waals surface area contributed by atoms with Crippen LogP contribution in [-0.2, 0) is 19.1 Å². The molecule has 0 saturated carbocycles. The average Bonchev–Trinajstić information content (AvgIpc) is 2.75. The van der Waals surface area contributed by atoms with Gasteiger partial charge in [-0.1, -0.05) is 77.4 Å². The number of hydrogen-bond acceptors (Lipinski definition) is 8. The van der Waals surface area contributed by atoms with Gasteiger partial charge >= 0.3 is 12.4 Å². The molecule has 0 aromatic rings. The summed E-state index contributed by atoms with van der Waals surface area (Å²) in [6, 6.07) is 0.509. The van der Waals surface area contributed by atoms with E-state index in [4.69, 9.17) is 30.7 Å².